The molecule has 0 radical (unpaired) electrons. The summed E-state index contributed by atoms with van der Waals surface area (Å²) in [6.45, 7) is 2.22. The van der Waals surface area contributed by atoms with Crippen molar-refractivity contribution >= 4 is 51.4 Å². The molecule has 1 aliphatic heterocycles. The predicted octanol–water partition coefficient (Wildman–Crippen LogP) is 1.45. The summed E-state index contributed by atoms with van der Waals surface area (Å²) in [6.07, 6.45) is 0. The van der Waals surface area contributed by atoms with Crippen LogP contribution in [0.15, 0.2) is 18.2 Å². The zero-order valence-electron chi connectivity index (χ0n) is 9.83. The third kappa shape index (κ3) is 5.17. The quantitative estimate of drug-likeness (QED) is 0.655. The predicted molar refractivity (Wildman–Crippen MR) is 77.0 cm³/mol. The van der Waals surface area contributed by atoms with E-state index in [0.717, 1.165) is 17.1 Å². The minimum absolute atomic E-state index is 0. The molecule has 0 bridgehead atoms. The zero-order chi connectivity index (χ0) is 13.2. The number of benzene rings is 1. The first-order chi connectivity index (χ1) is 8.46. The summed E-state index contributed by atoms with van der Waals surface area (Å²) in [4.78, 5) is 0. The van der Waals surface area contributed by atoms with Crippen LogP contribution < -0.4 is 9.47 Å². The van der Waals surface area contributed by atoms with Crippen molar-refractivity contribution in [2.75, 3.05) is 18.3 Å². The van der Waals surface area contributed by atoms with Gasteiger partial charge in [-0.3, -0.25) is 4.55 Å². The SMILES string of the molecule is CC(SCCS(=O)(=O)O)c1ccc2c(c1)OCO2.[NaH]. The monoisotopic (exact) mass is 314 g/mol. The van der Waals surface area contributed by atoms with Crippen LogP contribution in [0.4, 0.5) is 0 Å². The molecule has 1 unspecified atom stereocenters. The van der Waals surface area contributed by atoms with E-state index in [9.17, 15) is 8.42 Å². The van der Waals surface area contributed by atoms with Crippen LogP contribution in [0.25, 0.3) is 0 Å². The Morgan fingerprint density at radius 3 is 2.74 bits per heavy atom. The molecule has 0 saturated carbocycles. The standard InChI is InChI=1S/C11H14O5S2.Na.H/c1-8(17-4-5-18(12,13)14)9-2-3-10-11(6-9)16-7-15-10;;/h2-3,6,8H,4-5,7H2,1H3,(H,12,13,14);;. The fourth-order valence-corrected chi connectivity index (χ4v) is 3.51. The Balaban J connectivity index is 0.00000180. The average Bonchev–Trinajstić information content (AvgIpc) is 2.73. The topological polar surface area (TPSA) is 72.8 Å². The molecule has 0 amide bonds. The molecule has 0 aromatic heterocycles. The maximum absolute atomic E-state index is 10.6. The molecule has 2 rings (SSSR count). The van der Waals surface area contributed by atoms with Crippen molar-refractivity contribution < 1.29 is 22.4 Å². The van der Waals surface area contributed by atoms with Crippen LogP contribution in [-0.2, 0) is 10.1 Å². The van der Waals surface area contributed by atoms with Crippen LogP contribution in [0, 0.1) is 0 Å². The number of hydrogen-bond acceptors (Lipinski definition) is 5. The molecule has 0 spiro atoms. The summed E-state index contributed by atoms with van der Waals surface area (Å²) in [7, 11) is -3.88. The Morgan fingerprint density at radius 2 is 2.05 bits per heavy atom. The minimum atomic E-state index is -3.88. The molecule has 102 valence electrons. The summed E-state index contributed by atoms with van der Waals surface area (Å²) < 4.78 is 40.4. The molecule has 5 nitrogen and oxygen atoms in total. The molecule has 0 saturated heterocycles. The molecular weight excluding hydrogens is 299 g/mol. The summed E-state index contributed by atoms with van der Waals surface area (Å²) >= 11 is 1.47. The molecule has 1 heterocycles. The number of rotatable bonds is 5. The number of hydrogen-bond donors (Lipinski definition) is 1. The third-order valence-corrected chi connectivity index (χ3v) is 4.77. The molecule has 0 aliphatic carbocycles. The fraction of sp³-hybridized carbons (Fsp3) is 0.455. The number of thioether (sulfide) groups is 1. The Labute approximate surface area is 139 Å². The van der Waals surface area contributed by atoms with Crippen molar-refractivity contribution in [3.05, 3.63) is 23.8 Å². The van der Waals surface area contributed by atoms with Gasteiger partial charge in [-0.15, -0.1) is 0 Å². The van der Waals surface area contributed by atoms with E-state index in [1.807, 2.05) is 25.1 Å². The van der Waals surface area contributed by atoms with Crippen LogP contribution in [0.2, 0.25) is 0 Å². The van der Waals surface area contributed by atoms with Crippen LogP contribution >= 0.6 is 11.8 Å². The second-order valence-corrected chi connectivity index (χ2v) is 6.93. The average molecular weight is 314 g/mol. The molecule has 1 aromatic carbocycles. The molecule has 1 aliphatic rings. The summed E-state index contributed by atoms with van der Waals surface area (Å²) in [5, 5.41) is 0.126. The van der Waals surface area contributed by atoms with Gasteiger partial charge in [0.1, 0.15) is 0 Å². The molecule has 1 N–H and O–H groups in total. The van der Waals surface area contributed by atoms with Crippen LogP contribution in [0.5, 0.6) is 11.5 Å². The van der Waals surface area contributed by atoms with E-state index in [4.69, 9.17) is 14.0 Å². The first-order valence-electron chi connectivity index (χ1n) is 5.42. The van der Waals surface area contributed by atoms with E-state index >= 15 is 0 Å². The molecular formula is C11H15NaO5S2. The van der Waals surface area contributed by atoms with Crippen molar-refractivity contribution in [1.29, 1.82) is 0 Å². The van der Waals surface area contributed by atoms with Crippen LogP contribution in [0.1, 0.15) is 17.7 Å². The van der Waals surface area contributed by atoms with E-state index in [0.29, 0.717) is 5.75 Å². The van der Waals surface area contributed by atoms with E-state index in [2.05, 4.69) is 0 Å². The van der Waals surface area contributed by atoms with Crippen molar-refractivity contribution in [2.24, 2.45) is 0 Å². The second kappa shape index (κ2) is 7.19. The van der Waals surface area contributed by atoms with Gasteiger partial charge in [0.2, 0.25) is 6.79 Å². The van der Waals surface area contributed by atoms with E-state index in [-0.39, 0.29) is 47.4 Å². The molecule has 0 fully saturated rings. The van der Waals surface area contributed by atoms with E-state index in [1.165, 1.54) is 11.8 Å². The van der Waals surface area contributed by atoms with Crippen molar-refractivity contribution in [2.45, 2.75) is 12.2 Å². The van der Waals surface area contributed by atoms with Gasteiger partial charge < -0.3 is 9.47 Å². The van der Waals surface area contributed by atoms with Gasteiger partial charge in [-0.2, -0.15) is 20.2 Å². The van der Waals surface area contributed by atoms with Crippen molar-refractivity contribution in [3.8, 4) is 11.5 Å². The van der Waals surface area contributed by atoms with Gasteiger partial charge in [-0.1, -0.05) is 6.07 Å². The summed E-state index contributed by atoms with van der Waals surface area (Å²) in [5.41, 5.74) is 1.04. The molecule has 1 aromatic rings. The second-order valence-electron chi connectivity index (χ2n) is 3.91. The molecule has 19 heavy (non-hydrogen) atoms. The van der Waals surface area contributed by atoms with Crippen LogP contribution in [-0.4, -0.2) is 60.8 Å². The van der Waals surface area contributed by atoms with Crippen molar-refractivity contribution in [1.82, 2.24) is 0 Å². The summed E-state index contributed by atoms with van der Waals surface area (Å²) in [5.74, 6) is 1.57. The van der Waals surface area contributed by atoms with Gasteiger partial charge in [0.25, 0.3) is 10.1 Å². The fourth-order valence-electron chi connectivity index (χ4n) is 1.59. The first kappa shape index (κ1) is 17.1. The molecule has 1 atom stereocenters. The van der Waals surface area contributed by atoms with Crippen molar-refractivity contribution in [3.63, 3.8) is 0 Å². The van der Waals surface area contributed by atoms with E-state index < -0.39 is 10.1 Å². The van der Waals surface area contributed by atoms with Gasteiger partial charge in [0.15, 0.2) is 11.5 Å². The maximum atomic E-state index is 10.6. The molecule has 8 heteroatoms. The normalized spacial score (nSPS) is 14.8. The number of ether oxygens (including phenoxy) is 2. The van der Waals surface area contributed by atoms with Gasteiger partial charge in [0.05, 0.1) is 5.75 Å². The Bertz CT molecular complexity index is 532. The first-order valence-corrected chi connectivity index (χ1v) is 8.08. The third-order valence-electron chi connectivity index (χ3n) is 2.58. The van der Waals surface area contributed by atoms with Gasteiger partial charge in [0, 0.05) is 11.0 Å². The Hall–Kier alpha value is 0.0800. The summed E-state index contributed by atoms with van der Waals surface area (Å²) in [6, 6.07) is 5.67. The van der Waals surface area contributed by atoms with Gasteiger partial charge in [-0.25, -0.2) is 0 Å². The van der Waals surface area contributed by atoms with Gasteiger partial charge in [-0.05, 0) is 24.6 Å². The Morgan fingerprint density at radius 1 is 1.37 bits per heavy atom. The Kier molecular flexibility index (Phi) is 6.49. The zero-order valence-corrected chi connectivity index (χ0v) is 11.5. The van der Waals surface area contributed by atoms with Gasteiger partial charge >= 0.3 is 29.6 Å². The van der Waals surface area contributed by atoms with Crippen LogP contribution in [0.3, 0.4) is 0 Å². The number of fused-ring (bicyclic) bond motifs is 1. The van der Waals surface area contributed by atoms with E-state index in [1.54, 1.807) is 0 Å².